The van der Waals surface area contributed by atoms with E-state index in [1.165, 1.54) is 6.33 Å². The number of hydrogen-bond donors (Lipinski definition) is 1. The molecule has 82 valence electrons. The van der Waals surface area contributed by atoms with Crippen molar-refractivity contribution in [3.05, 3.63) is 11.9 Å². The van der Waals surface area contributed by atoms with Gasteiger partial charge < -0.3 is 10.5 Å². The highest BCUT2D eigenvalue weighted by molar-refractivity contribution is 7.99. The average Bonchev–Trinajstić information content (AvgIpc) is 2.26. The van der Waals surface area contributed by atoms with Crippen molar-refractivity contribution >= 4 is 17.6 Å². The molecule has 0 bridgehead atoms. The Hall–Kier alpha value is -0.810. The fourth-order valence-electron chi connectivity index (χ4n) is 1.52. The van der Waals surface area contributed by atoms with E-state index in [-0.39, 0.29) is 0 Å². The van der Waals surface area contributed by atoms with E-state index in [9.17, 15) is 0 Å². The fourth-order valence-corrected chi connectivity index (χ4v) is 2.65. The number of nitrogen functional groups attached to an aromatic ring is 1. The maximum absolute atomic E-state index is 5.74. The van der Waals surface area contributed by atoms with Gasteiger partial charge in [0.2, 0.25) is 0 Å². The number of nitrogens with two attached hydrogens (primary N) is 1. The van der Waals surface area contributed by atoms with Gasteiger partial charge >= 0.3 is 0 Å². The van der Waals surface area contributed by atoms with Crippen LogP contribution in [0.15, 0.2) is 11.4 Å². The second kappa shape index (κ2) is 4.81. The van der Waals surface area contributed by atoms with Gasteiger partial charge in [-0.3, -0.25) is 0 Å². The van der Waals surface area contributed by atoms with Gasteiger partial charge in [0.25, 0.3) is 0 Å². The molecule has 1 aliphatic rings. The molecule has 0 spiro atoms. The molecule has 4 nitrogen and oxygen atoms in total. The average molecular weight is 225 g/mol. The van der Waals surface area contributed by atoms with Crippen molar-refractivity contribution < 1.29 is 4.74 Å². The Morgan fingerprint density at radius 1 is 1.40 bits per heavy atom. The van der Waals surface area contributed by atoms with Gasteiger partial charge in [-0.25, -0.2) is 9.97 Å². The maximum atomic E-state index is 5.74. The van der Waals surface area contributed by atoms with Gasteiger partial charge in [-0.15, -0.1) is 11.8 Å². The van der Waals surface area contributed by atoms with Crippen molar-refractivity contribution in [2.24, 2.45) is 0 Å². The van der Waals surface area contributed by atoms with Crippen LogP contribution in [-0.2, 0) is 4.74 Å². The molecule has 1 aromatic heterocycles. The third-order valence-electron chi connectivity index (χ3n) is 2.52. The molecule has 15 heavy (non-hydrogen) atoms. The molecule has 0 unspecified atom stereocenters. The monoisotopic (exact) mass is 225 g/mol. The molecule has 2 N–H and O–H groups in total. The number of ether oxygens (including phenoxy) is 1. The number of rotatable bonds is 2. The lowest BCUT2D eigenvalue weighted by atomic mass is 10.2. The summed E-state index contributed by atoms with van der Waals surface area (Å²) in [4.78, 5) is 8.23. The van der Waals surface area contributed by atoms with Gasteiger partial charge in [-0.05, 0) is 19.8 Å². The lowest BCUT2D eigenvalue weighted by Crippen LogP contribution is -2.17. The van der Waals surface area contributed by atoms with E-state index in [4.69, 9.17) is 10.5 Å². The summed E-state index contributed by atoms with van der Waals surface area (Å²) in [5, 5.41) is 1.61. The summed E-state index contributed by atoms with van der Waals surface area (Å²) in [6.07, 6.45) is 3.71. The van der Waals surface area contributed by atoms with Gasteiger partial charge in [-0.1, -0.05) is 0 Å². The zero-order valence-electron chi connectivity index (χ0n) is 8.77. The summed E-state index contributed by atoms with van der Waals surface area (Å²) in [7, 11) is 0. The number of aromatic nitrogens is 2. The molecule has 2 heterocycles. The van der Waals surface area contributed by atoms with Gasteiger partial charge in [0.15, 0.2) is 0 Å². The third kappa shape index (κ3) is 2.60. The molecular weight excluding hydrogens is 210 g/mol. The first-order valence-electron chi connectivity index (χ1n) is 5.09. The van der Waals surface area contributed by atoms with E-state index in [0.29, 0.717) is 11.1 Å². The standard InChI is InChI=1S/C10H15N3OS/c1-7-9(11)12-6-13-10(7)15-8-2-4-14-5-3-8/h6,8H,2-5H2,1H3,(H2,11,12,13). The highest BCUT2D eigenvalue weighted by Gasteiger charge is 2.17. The Labute approximate surface area is 93.6 Å². The predicted octanol–water partition coefficient (Wildman–Crippen LogP) is 1.64. The van der Waals surface area contributed by atoms with E-state index < -0.39 is 0 Å². The van der Waals surface area contributed by atoms with Crippen LogP contribution in [0.1, 0.15) is 18.4 Å². The summed E-state index contributed by atoms with van der Waals surface area (Å²) < 4.78 is 5.32. The van der Waals surface area contributed by atoms with E-state index in [1.807, 2.05) is 6.92 Å². The van der Waals surface area contributed by atoms with Crippen LogP contribution < -0.4 is 5.73 Å². The lowest BCUT2D eigenvalue weighted by molar-refractivity contribution is 0.1000. The largest absolute Gasteiger partial charge is 0.383 e. The molecule has 0 saturated carbocycles. The summed E-state index contributed by atoms with van der Waals surface area (Å²) in [5.74, 6) is 0.583. The number of nitrogens with zero attached hydrogens (tertiary/aromatic N) is 2. The quantitative estimate of drug-likeness (QED) is 0.775. The first-order chi connectivity index (χ1) is 7.27. The van der Waals surface area contributed by atoms with Crippen LogP contribution in [0.5, 0.6) is 0 Å². The zero-order valence-corrected chi connectivity index (χ0v) is 9.59. The van der Waals surface area contributed by atoms with Crippen molar-refractivity contribution in [2.75, 3.05) is 18.9 Å². The Morgan fingerprint density at radius 2 is 2.13 bits per heavy atom. The molecule has 2 rings (SSSR count). The normalized spacial score (nSPS) is 17.9. The molecule has 5 heteroatoms. The second-order valence-corrected chi connectivity index (χ2v) is 4.91. The maximum Gasteiger partial charge on any atom is 0.130 e. The number of thioether (sulfide) groups is 1. The second-order valence-electron chi connectivity index (χ2n) is 3.62. The third-order valence-corrected chi connectivity index (χ3v) is 3.96. The molecular formula is C10H15N3OS. The Morgan fingerprint density at radius 3 is 2.87 bits per heavy atom. The summed E-state index contributed by atoms with van der Waals surface area (Å²) in [6.45, 7) is 3.69. The van der Waals surface area contributed by atoms with Crippen LogP contribution in [0.4, 0.5) is 5.82 Å². The number of hydrogen-bond acceptors (Lipinski definition) is 5. The molecule has 0 atom stereocenters. The van der Waals surface area contributed by atoms with Crippen LogP contribution in [0.25, 0.3) is 0 Å². The predicted molar refractivity (Wildman–Crippen MR) is 60.9 cm³/mol. The molecule has 0 aliphatic carbocycles. The zero-order chi connectivity index (χ0) is 10.7. The van der Waals surface area contributed by atoms with Crippen molar-refractivity contribution in [2.45, 2.75) is 30.0 Å². The van der Waals surface area contributed by atoms with Gasteiger partial charge in [0.05, 0.1) is 0 Å². The minimum atomic E-state index is 0.583. The highest BCUT2D eigenvalue weighted by atomic mass is 32.2. The molecule has 1 aliphatic heterocycles. The summed E-state index contributed by atoms with van der Waals surface area (Å²) in [5.41, 5.74) is 6.73. The molecule has 1 aromatic rings. The van der Waals surface area contributed by atoms with E-state index in [0.717, 1.165) is 36.6 Å². The van der Waals surface area contributed by atoms with Crippen LogP contribution in [0, 0.1) is 6.92 Å². The van der Waals surface area contributed by atoms with Crippen LogP contribution >= 0.6 is 11.8 Å². The van der Waals surface area contributed by atoms with Crippen LogP contribution in [0.3, 0.4) is 0 Å². The first kappa shape index (κ1) is 10.7. The smallest absolute Gasteiger partial charge is 0.130 e. The Bertz CT molecular complexity index is 339. The van der Waals surface area contributed by atoms with E-state index in [2.05, 4.69) is 9.97 Å². The lowest BCUT2D eigenvalue weighted by Gasteiger charge is -2.21. The topological polar surface area (TPSA) is 61.0 Å². The van der Waals surface area contributed by atoms with Crippen LogP contribution in [0.2, 0.25) is 0 Å². The van der Waals surface area contributed by atoms with E-state index >= 15 is 0 Å². The summed E-state index contributed by atoms with van der Waals surface area (Å²) >= 11 is 1.79. The van der Waals surface area contributed by atoms with Gasteiger partial charge in [0.1, 0.15) is 17.2 Å². The molecule has 1 saturated heterocycles. The van der Waals surface area contributed by atoms with Crippen molar-refractivity contribution in [1.82, 2.24) is 9.97 Å². The van der Waals surface area contributed by atoms with Crippen LogP contribution in [-0.4, -0.2) is 28.4 Å². The van der Waals surface area contributed by atoms with Gasteiger partial charge in [0, 0.05) is 24.0 Å². The van der Waals surface area contributed by atoms with Crippen molar-refractivity contribution in [3.63, 3.8) is 0 Å². The molecule has 0 aromatic carbocycles. The van der Waals surface area contributed by atoms with Crippen molar-refractivity contribution in [3.8, 4) is 0 Å². The van der Waals surface area contributed by atoms with Crippen molar-refractivity contribution in [1.29, 1.82) is 0 Å². The Kier molecular flexibility index (Phi) is 3.43. The Balaban J connectivity index is 2.06. The molecule has 0 amide bonds. The number of anilines is 1. The minimum Gasteiger partial charge on any atom is -0.383 e. The van der Waals surface area contributed by atoms with Gasteiger partial charge in [-0.2, -0.15) is 0 Å². The molecule has 1 fully saturated rings. The van der Waals surface area contributed by atoms with E-state index in [1.54, 1.807) is 11.8 Å². The SMILES string of the molecule is Cc1c(N)ncnc1SC1CCOCC1. The minimum absolute atomic E-state index is 0.583. The summed E-state index contributed by atoms with van der Waals surface area (Å²) in [6, 6.07) is 0. The first-order valence-corrected chi connectivity index (χ1v) is 5.97. The highest BCUT2D eigenvalue weighted by Crippen LogP contribution is 2.31. The molecule has 0 radical (unpaired) electrons. The fraction of sp³-hybridized carbons (Fsp3) is 0.600.